The molecule has 0 amide bonds. The van der Waals surface area contributed by atoms with Crippen LogP contribution < -0.4 is 5.73 Å². The molecule has 6 heteroatoms. The molecule has 0 saturated carbocycles. The van der Waals surface area contributed by atoms with E-state index >= 15 is 0 Å². The number of ether oxygens (including phenoxy) is 1. The smallest absolute Gasteiger partial charge is 0.258 e. The first kappa shape index (κ1) is 14.0. The van der Waals surface area contributed by atoms with Crippen molar-refractivity contribution in [1.82, 2.24) is 10.1 Å². The summed E-state index contributed by atoms with van der Waals surface area (Å²) in [4.78, 5) is 4.34. The van der Waals surface area contributed by atoms with Crippen molar-refractivity contribution in [2.75, 3.05) is 13.7 Å². The molecule has 5 nitrogen and oxygen atoms in total. The van der Waals surface area contributed by atoms with Gasteiger partial charge in [-0.1, -0.05) is 16.8 Å². The van der Waals surface area contributed by atoms with E-state index in [1.54, 1.807) is 20.1 Å². The Morgan fingerprint density at radius 3 is 2.84 bits per heavy atom. The van der Waals surface area contributed by atoms with Gasteiger partial charge >= 0.3 is 0 Å². The molecule has 0 radical (unpaired) electrons. The van der Waals surface area contributed by atoms with Crippen LogP contribution in [0.5, 0.6) is 0 Å². The Kier molecular flexibility index (Phi) is 3.89. The molecule has 1 atom stereocenters. The summed E-state index contributed by atoms with van der Waals surface area (Å²) < 4.78 is 10.3. The Morgan fingerprint density at radius 2 is 2.21 bits per heavy atom. The third kappa shape index (κ3) is 2.94. The van der Waals surface area contributed by atoms with Gasteiger partial charge in [0.05, 0.1) is 6.61 Å². The van der Waals surface area contributed by atoms with Gasteiger partial charge < -0.3 is 15.0 Å². The van der Waals surface area contributed by atoms with E-state index < -0.39 is 5.54 Å². The first-order chi connectivity index (χ1) is 8.94. The summed E-state index contributed by atoms with van der Waals surface area (Å²) in [6.07, 6.45) is 0. The van der Waals surface area contributed by atoms with Gasteiger partial charge in [-0.25, -0.2) is 0 Å². The molecule has 1 aromatic heterocycles. The van der Waals surface area contributed by atoms with Crippen molar-refractivity contribution in [1.29, 1.82) is 0 Å². The average molecular weight is 282 g/mol. The van der Waals surface area contributed by atoms with Gasteiger partial charge in [-0.2, -0.15) is 4.98 Å². The highest BCUT2D eigenvalue weighted by Gasteiger charge is 2.28. The maximum Gasteiger partial charge on any atom is 0.258 e. The Morgan fingerprint density at radius 1 is 1.47 bits per heavy atom. The molecule has 1 aromatic carbocycles. The van der Waals surface area contributed by atoms with Gasteiger partial charge in [0.15, 0.2) is 5.82 Å². The molecule has 1 unspecified atom stereocenters. The molecule has 0 aliphatic rings. The summed E-state index contributed by atoms with van der Waals surface area (Å²) >= 11 is 5.92. The van der Waals surface area contributed by atoms with Gasteiger partial charge in [0.2, 0.25) is 0 Å². The quantitative estimate of drug-likeness (QED) is 0.932. The number of halogens is 1. The lowest BCUT2D eigenvalue weighted by Gasteiger charge is -2.18. The van der Waals surface area contributed by atoms with Crippen molar-refractivity contribution in [3.8, 4) is 11.5 Å². The molecule has 0 bridgehead atoms. The van der Waals surface area contributed by atoms with Gasteiger partial charge in [-0.3, -0.25) is 0 Å². The van der Waals surface area contributed by atoms with Gasteiger partial charge in [-0.15, -0.1) is 0 Å². The number of aryl methyl sites for hydroxylation is 1. The van der Waals surface area contributed by atoms with E-state index in [-0.39, 0.29) is 0 Å². The van der Waals surface area contributed by atoms with Crippen molar-refractivity contribution >= 4 is 11.6 Å². The third-order valence-corrected chi connectivity index (χ3v) is 3.03. The first-order valence-corrected chi connectivity index (χ1v) is 6.20. The lowest BCUT2D eigenvalue weighted by atomic mass is 10.1. The summed E-state index contributed by atoms with van der Waals surface area (Å²) in [7, 11) is 1.58. The van der Waals surface area contributed by atoms with Crippen molar-refractivity contribution in [2.24, 2.45) is 5.73 Å². The Balaban J connectivity index is 2.35. The van der Waals surface area contributed by atoms with Crippen molar-refractivity contribution in [2.45, 2.75) is 19.4 Å². The van der Waals surface area contributed by atoms with Crippen LogP contribution in [-0.2, 0) is 10.3 Å². The second kappa shape index (κ2) is 5.28. The average Bonchev–Trinajstić information content (AvgIpc) is 2.78. The Labute approximate surface area is 116 Å². The fraction of sp³-hybridized carbons (Fsp3) is 0.385. The molecule has 2 rings (SSSR count). The predicted octanol–water partition coefficient (Wildman–Crippen LogP) is 2.52. The molecule has 0 fully saturated rings. The molecule has 1 heterocycles. The van der Waals surface area contributed by atoms with Crippen LogP contribution in [0, 0.1) is 6.92 Å². The SMILES string of the molecule is COCC(C)(N)c1noc(-c2ccc(Cl)cc2C)n1. The van der Waals surface area contributed by atoms with Crippen LogP contribution in [0.15, 0.2) is 22.7 Å². The molecule has 2 aromatic rings. The zero-order valence-corrected chi connectivity index (χ0v) is 11.9. The summed E-state index contributed by atoms with van der Waals surface area (Å²) in [5.41, 5.74) is 7.10. The van der Waals surface area contributed by atoms with Crippen molar-refractivity contribution in [3.63, 3.8) is 0 Å². The maximum atomic E-state index is 6.07. The van der Waals surface area contributed by atoms with Crippen molar-refractivity contribution in [3.05, 3.63) is 34.6 Å². The summed E-state index contributed by atoms with van der Waals surface area (Å²) in [6.45, 7) is 4.04. The summed E-state index contributed by atoms with van der Waals surface area (Å²) in [5, 5.41) is 4.59. The first-order valence-electron chi connectivity index (χ1n) is 5.82. The standard InChI is InChI=1S/C13H16ClN3O2/c1-8-6-9(14)4-5-10(8)11-16-12(17-19-11)13(2,15)7-18-3/h4-6H,7,15H2,1-3H3. The van der Waals surface area contributed by atoms with Crippen LogP contribution >= 0.6 is 11.6 Å². The van der Waals surface area contributed by atoms with E-state index in [0.29, 0.717) is 23.3 Å². The molecule has 19 heavy (non-hydrogen) atoms. The highest BCUT2D eigenvalue weighted by Crippen LogP contribution is 2.26. The molecule has 0 saturated heterocycles. The number of nitrogens with two attached hydrogens (primary N) is 1. The van der Waals surface area contributed by atoms with Gasteiger partial charge in [0.1, 0.15) is 5.54 Å². The topological polar surface area (TPSA) is 74.2 Å². The summed E-state index contributed by atoms with van der Waals surface area (Å²) in [5.74, 6) is 0.843. The monoisotopic (exact) mass is 281 g/mol. The van der Waals surface area contributed by atoms with E-state index in [1.807, 2.05) is 19.1 Å². The Bertz CT molecular complexity index is 581. The van der Waals surface area contributed by atoms with E-state index in [9.17, 15) is 0 Å². The number of aromatic nitrogens is 2. The van der Waals surface area contributed by atoms with Crippen LogP contribution in [0.25, 0.3) is 11.5 Å². The second-order valence-corrected chi connectivity index (χ2v) is 5.17. The third-order valence-electron chi connectivity index (χ3n) is 2.80. The molecular formula is C13H16ClN3O2. The highest BCUT2D eigenvalue weighted by atomic mass is 35.5. The van der Waals surface area contributed by atoms with E-state index in [1.165, 1.54) is 0 Å². The minimum atomic E-state index is -0.781. The molecule has 0 aliphatic carbocycles. The fourth-order valence-corrected chi connectivity index (χ4v) is 2.02. The lowest BCUT2D eigenvalue weighted by molar-refractivity contribution is 0.135. The van der Waals surface area contributed by atoms with Crippen molar-refractivity contribution < 1.29 is 9.26 Å². The maximum absolute atomic E-state index is 6.07. The van der Waals surface area contributed by atoms with E-state index in [2.05, 4.69) is 10.1 Å². The molecule has 2 N–H and O–H groups in total. The van der Waals surface area contributed by atoms with E-state index in [0.717, 1.165) is 11.1 Å². The predicted molar refractivity (Wildman–Crippen MR) is 72.9 cm³/mol. The zero-order valence-electron chi connectivity index (χ0n) is 11.1. The van der Waals surface area contributed by atoms with Crippen LogP contribution in [0.2, 0.25) is 5.02 Å². The van der Waals surface area contributed by atoms with Gasteiger partial charge in [0, 0.05) is 17.7 Å². The molecular weight excluding hydrogens is 266 g/mol. The molecule has 0 spiro atoms. The number of benzene rings is 1. The molecule has 0 aliphatic heterocycles. The van der Waals surface area contributed by atoms with Crippen LogP contribution in [-0.4, -0.2) is 23.9 Å². The van der Waals surface area contributed by atoms with Crippen LogP contribution in [0.3, 0.4) is 0 Å². The minimum Gasteiger partial charge on any atom is -0.382 e. The lowest BCUT2D eigenvalue weighted by Crippen LogP contribution is -2.38. The van der Waals surface area contributed by atoms with Crippen LogP contribution in [0.1, 0.15) is 18.3 Å². The number of hydrogen-bond acceptors (Lipinski definition) is 5. The van der Waals surface area contributed by atoms with Gasteiger partial charge in [0.25, 0.3) is 5.89 Å². The number of nitrogens with zero attached hydrogens (tertiary/aromatic N) is 2. The Hall–Kier alpha value is -1.43. The summed E-state index contributed by atoms with van der Waals surface area (Å²) in [6, 6.07) is 5.47. The normalized spacial score (nSPS) is 14.4. The second-order valence-electron chi connectivity index (χ2n) is 4.73. The zero-order chi connectivity index (χ0) is 14.0. The fourth-order valence-electron chi connectivity index (χ4n) is 1.80. The van der Waals surface area contributed by atoms with Crippen LogP contribution in [0.4, 0.5) is 0 Å². The number of rotatable bonds is 4. The minimum absolute atomic E-state index is 0.311. The van der Waals surface area contributed by atoms with Gasteiger partial charge in [-0.05, 0) is 37.6 Å². The van der Waals surface area contributed by atoms with E-state index in [4.69, 9.17) is 26.6 Å². The largest absolute Gasteiger partial charge is 0.382 e. The number of methoxy groups -OCH3 is 1. The highest BCUT2D eigenvalue weighted by molar-refractivity contribution is 6.30. The number of hydrogen-bond donors (Lipinski definition) is 1. The molecule has 102 valence electrons.